The van der Waals surface area contributed by atoms with Gasteiger partial charge in [-0.2, -0.15) is 0 Å². The molecular weight excluding hydrogens is 292 g/mol. The highest BCUT2D eigenvalue weighted by Gasteiger charge is 2.07. The molecule has 0 saturated carbocycles. The van der Waals surface area contributed by atoms with Gasteiger partial charge in [0, 0.05) is 0 Å². The summed E-state index contributed by atoms with van der Waals surface area (Å²) in [6.45, 7) is 4.33. The Morgan fingerprint density at radius 2 is 1.30 bits per heavy atom. The molecule has 4 heteroatoms. The van der Waals surface area contributed by atoms with E-state index in [9.17, 15) is 9.59 Å². The standard InChI is InChI=1S/C19H20O4/c1-3-22-18(20)13-14-5-7-15(8-6-14)16-9-11-17(12-10-16)19(21)23-4-2/h5-12H,3-4,13H2,1-2H3. The molecule has 4 nitrogen and oxygen atoms in total. The predicted molar refractivity (Wildman–Crippen MR) is 88.2 cm³/mol. The Morgan fingerprint density at radius 1 is 0.783 bits per heavy atom. The van der Waals surface area contributed by atoms with Gasteiger partial charge in [0.05, 0.1) is 25.2 Å². The van der Waals surface area contributed by atoms with Gasteiger partial charge in [-0.3, -0.25) is 4.79 Å². The summed E-state index contributed by atoms with van der Waals surface area (Å²) >= 11 is 0. The maximum atomic E-state index is 11.6. The molecular formula is C19H20O4. The van der Waals surface area contributed by atoms with Crippen LogP contribution in [0.4, 0.5) is 0 Å². The second-order valence-electron chi connectivity index (χ2n) is 4.98. The number of rotatable bonds is 6. The molecule has 0 amide bonds. The Morgan fingerprint density at radius 3 is 1.83 bits per heavy atom. The van der Waals surface area contributed by atoms with Crippen LogP contribution in [-0.4, -0.2) is 25.2 Å². The first-order valence-electron chi connectivity index (χ1n) is 7.66. The van der Waals surface area contributed by atoms with E-state index in [0.717, 1.165) is 16.7 Å². The van der Waals surface area contributed by atoms with E-state index in [1.165, 1.54) is 0 Å². The van der Waals surface area contributed by atoms with E-state index in [0.29, 0.717) is 18.8 Å². The van der Waals surface area contributed by atoms with Crippen LogP contribution in [0.2, 0.25) is 0 Å². The van der Waals surface area contributed by atoms with Crippen LogP contribution in [0.25, 0.3) is 11.1 Å². The highest BCUT2D eigenvalue weighted by Crippen LogP contribution is 2.21. The molecule has 0 radical (unpaired) electrons. The molecule has 0 fully saturated rings. The fraction of sp³-hybridized carbons (Fsp3) is 0.263. The largest absolute Gasteiger partial charge is 0.466 e. The first-order chi connectivity index (χ1) is 11.1. The van der Waals surface area contributed by atoms with Crippen molar-refractivity contribution < 1.29 is 19.1 Å². The maximum Gasteiger partial charge on any atom is 0.338 e. The molecule has 0 spiro atoms. The zero-order valence-corrected chi connectivity index (χ0v) is 13.4. The van der Waals surface area contributed by atoms with Gasteiger partial charge in [0.1, 0.15) is 0 Å². The van der Waals surface area contributed by atoms with Crippen LogP contribution in [0.15, 0.2) is 48.5 Å². The summed E-state index contributed by atoms with van der Waals surface area (Å²) in [7, 11) is 0. The summed E-state index contributed by atoms with van der Waals surface area (Å²) in [5.41, 5.74) is 3.47. The summed E-state index contributed by atoms with van der Waals surface area (Å²) in [5, 5.41) is 0. The van der Waals surface area contributed by atoms with Crippen molar-refractivity contribution in [2.24, 2.45) is 0 Å². The van der Waals surface area contributed by atoms with Crippen LogP contribution in [0.1, 0.15) is 29.8 Å². The van der Waals surface area contributed by atoms with Crippen molar-refractivity contribution in [3.63, 3.8) is 0 Å². The van der Waals surface area contributed by atoms with Crippen LogP contribution in [-0.2, 0) is 20.7 Å². The summed E-state index contributed by atoms with van der Waals surface area (Å²) < 4.78 is 9.90. The zero-order chi connectivity index (χ0) is 16.7. The molecule has 0 unspecified atom stereocenters. The van der Waals surface area contributed by atoms with E-state index in [-0.39, 0.29) is 18.4 Å². The third-order valence-electron chi connectivity index (χ3n) is 3.34. The molecule has 0 aliphatic heterocycles. The lowest BCUT2D eigenvalue weighted by Crippen LogP contribution is -2.07. The van der Waals surface area contributed by atoms with E-state index in [4.69, 9.17) is 9.47 Å². The topological polar surface area (TPSA) is 52.6 Å². The van der Waals surface area contributed by atoms with Gasteiger partial charge in [-0.1, -0.05) is 36.4 Å². The predicted octanol–water partition coefficient (Wildman–Crippen LogP) is 3.64. The quantitative estimate of drug-likeness (QED) is 0.764. The summed E-state index contributed by atoms with van der Waals surface area (Å²) in [6, 6.07) is 15.0. The lowest BCUT2D eigenvalue weighted by atomic mass is 10.0. The van der Waals surface area contributed by atoms with E-state index >= 15 is 0 Å². The van der Waals surface area contributed by atoms with Crippen LogP contribution in [0.3, 0.4) is 0 Å². The second-order valence-corrected chi connectivity index (χ2v) is 4.98. The molecule has 2 aromatic rings. The molecule has 0 N–H and O–H groups in total. The zero-order valence-electron chi connectivity index (χ0n) is 13.4. The summed E-state index contributed by atoms with van der Waals surface area (Å²) in [6.07, 6.45) is 0.274. The Kier molecular flexibility index (Phi) is 5.92. The Balaban J connectivity index is 2.07. The van der Waals surface area contributed by atoms with Crippen LogP contribution in [0, 0.1) is 0 Å². The van der Waals surface area contributed by atoms with Crippen LogP contribution in [0.5, 0.6) is 0 Å². The van der Waals surface area contributed by atoms with Gasteiger partial charge in [0.15, 0.2) is 0 Å². The van der Waals surface area contributed by atoms with Gasteiger partial charge in [-0.05, 0) is 42.7 Å². The summed E-state index contributed by atoms with van der Waals surface area (Å²) in [5.74, 6) is -0.539. The Hall–Kier alpha value is -2.62. The average molecular weight is 312 g/mol. The summed E-state index contributed by atoms with van der Waals surface area (Å²) in [4.78, 5) is 23.1. The van der Waals surface area contributed by atoms with Crippen LogP contribution >= 0.6 is 0 Å². The number of carbonyl (C=O) groups is 2. The highest BCUT2D eigenvalue weighted by atomic mass is 16.5. The average Bonchev–Trinajstić information content (AvgIpc) is 2.56. The fourth-order valence-corrected chi connectivity index (χ4v) is 2.21. The van der Waals surface area contributed by atoms with E-state index in [2.05, 4.69) is 0 Å². The number of ether oxygens (including phenoxy) is 2. The molecule has 2 aromatic carbocycles. The third-order valence-corrected chi connectivity index (χ3v) is 3.34. The molecule has 0 aromatic heterocycles. The minimum absolute atomic E-state index is 0.223. The minimum atomic E-state index is -0.316. The van der Waals surface area contributed by atoms with E-state index in [1.54, 1.807) is 26.0 Å². The smallest absolute Gasteiger partial charge is 0.338 e. The molecule has 0 saturated heterocycles. The number of carbonyl (C=O) groups excluding carboxylic acids is 2. The first-order valence-corrected chi connectivity index (χ1v) is 7.66. The number of hydrogen-bond donors (Lipinski definition) is 0. The Bertz CT molecular complexity index is 657. The van der Waals surface area contributed by atoms with E-state index < -0.39 is 0 Å². The highest BCUT2D eigenvalue weighted by molar-refractivity contribution is 5.90. The molecule has 23 heavy (non-hydrogen) atoms. The number of hydrogen-bond acceptors (Lipinski definition) is 4. The minimum Gasteiger partial charge on any atom is -0.466 e. The van der Waals surface area contributed by atoms with Gasteiger partial charge < -0.3 is 9.47 Å². The van der Waals surface area contributed by atoms with Gasteiger partial charge in [0.25, 0.3) is 0 Å². The van der Waals surface area contributed by atoms with Crippen molar-refractivity contribution in [2.75, 3.05) is 13.2 Å². The van der Waals surface area contributed by atoms with Crippen LogP contribution < -0.4 is 0 Å². The lowest BCUT2D eigenvalue weighted by Gasteiger charge is -2.06. The molecule has 0 bridgehead atoms. The fourth-order valence-electron chi connectivity index (χ4n) is 2.21. The van der Waals surface area contributed by atoms with Gasteiger partial charge in [0.2, 0.25) is 0 Å². The van der Waals surface area contributed by atoms with Crippen molar-refractivity contribution >= 4 is 11.9 Å². The first kappa shape index (κ1) is 16.7. The Labute approximate surface area is 136 Å². The van der Waals surface area contributed by atoms with Crippen molar-refractivity contribution in [1.29, 1.82) is 0 Å². The molecule has 2 rings (SSSR count). The monoisotopic (exact) mass is 312 g/mol. The molecule has 120 valence electrons. The molecule has 0 aliphatic rings. The normalized spacial score (nSPS) is 10.2. The second kappa shape index (κ2) is 8.13. The van der Waals surface area contributed by atoms with Gasteiger partial charge in [-0.25, -0.2) is 4.79 Å². The van der Waals surface area contributed by atoms with Crippen molar-refractivity contribution in [1.82, 2.24) is 0 Å². The number of esters is 2. The van der Waals surface area contributed by atoms with Gasteiger partial charge in [-0.15, -0.1) is 0 Å². The van der Waals surface area contributed by atoms with Crippen molar-refractivity contribution in [3.05, 3.63) is 59.7 Å². The third kappa shape index (κ3) is 4.68. The van der Waals surface area contributed by atoms with Gasteiger partial charge >= 0.3 is 11.9 Å². The maximum absolute atomic E-state index is 11.6. The van der Waals surface area contributed by atoms with Crippen molar-refractivity contribution in [3.8, 4) is 11.1 Å². The molecule has 0 heterocycles. The SMILES string of the molecule is CCOC(=O)Cc1ccc(-c2ccc(C(=O)OCC)cc2)cc1. The van der Waals surface area contributed by atoms with E-state index in [1.807, 2.05) is 36.4 Å². The molecule has 0 aliphatic carbocycles. The molecule has 0 atom stereocenters. The number of benzene rings is 2. The lowest BCUT2D eigenvalue weighted by molar-refractivity contribution is -0.142. The van der Waals surface area contributed by atoms with Crippen molar-refractivity contribution in [2.45, 2.75) is 20.3 Å².